The SMILES string of the molecule is Cl.NCCC(=O)NCC1CCCCN1Cc1ccc(Br)cc1Cl. The molecular formula is C16H24BrCl2N3O. The van der Waals surface area contributed by atoms with Crippen LogP contribution in [0.1, 0.15) is 31.2 Å². The Labute approximate surface area is 157 Å². The molecule has 0 bridgehead atoms. The minimum absolute atomic E-state index is 0. The third-order valence-electron chi connectivity index (χ3n) is 4.04. The van der Waals surface area contributed by atoms with Crippen molar-refractivity contribution in [3.8, 4) is 0 Å². The largest absolute Gasteiger partial charge is 0.354 e. The lowest BCUT2D eigenvalue weighted by Crippen LogP contribution is -2.46. The summed E-state index contributed by atoms with van der Waals surface area (Å²) in [7, 11) is 0. The highest BCUT2D eigenvalue weighted by Gasteiger charge is 2.23. The molecule has 1 fully saturated rings. The molecule has 1 unspecified atom stereocenters. The van der Waals surface area contributed by atoms with Crippen molar-refractivity contribution in [3.63, 3.8) is 0 Å². The van der Waals surface area contributed by atoms with Crippen LogP contribution in [-0.2, 0) is 11.3 Å². The molecule has 7 heteroatoms. The summed E-state index contributed by atoms with van der Waals surface area (Å²) in [6.45, 7) is 2.95. The lowest BCUT2D eigenvalue weighted by molar-refractivity contribution is -0.121. The van der Waals surface area contributed by atoms with Gasteiger partial charge in [-0.1, -0.05) is 40.0 Å². The number of hydrogen-bond acceptors (Lipinski definition) is 3. The number of piperidine rings is 1. The number of rotatable bonds is 6. The molecule has 1 saturated heterocycles. The van der Waals surface area contributed by atoms with E-state index in [1.54, 1.807) is 0 Å². The number of nitrogens with one attached hydrogen (secondary N) is 1. The quantitative estimate of drug-likeness (QED) is 0.736. The van der Waals surface area contributed by atoms with E-state index in [-0.39, 0.29) is 18.3 Å². The molecule has 0 spiro atoms. The summed E-state index contributed by atoms with van der Waals surface area (Å²) in [5.41, 5.74) is 6.54. The molecule has 0 aromatic heterocycles. The molecule has 23 heavy (non-hydrogen) atoms. The van der Waals surface area contributed by atoms with E-state index in [4.69, 9.17) is 17.3 Å². The second kappa shape index (κ2) is 10.5. The highest BCUT2D eigenvalue weighted by Crippen LogP contribution is 2.25. The Kier molecular flexibility index (Phi) is 9.47. The van der Waals surface area contributed by atoms with Gasteiger partial charge in [-0.2, -0.15) is 0 Å². The van der Waals surface area contributed by atoms with E-state index in [1.165, 1.54) is 12.8 Å². The number of nitrogens with zero attached hydrogens (tertiary/aromatic N) is 1. The molecule has 0 aliphatic carbocycles. The van der Waals surface area contributed by atoms with Crippen molar-refractivity contribution < 1.29 is 4.79 Å². The van der Waals surface area contributed by atoms with Crippen molar-refractivity contribution in [2.24, 2.45) is 5.73 Å². The lowest BCUT2D eigenvalue weighted by Gasteiger charge is -2.36. The Morgan fingerprint density at radius 3 is 2.91 bits per heavy atom. The van der Waals surface area contributed by atoms with Gasteiger partial charge in [-0.05, 0) is 37.1 Å². The van der Waals surface area contributed by atoms with Gasteiger partial charge in [0.2, 0.25) is 5.91 Å². The molecule has 1 heterocycles. The molecule has 130 valence electrons. The van der Waals surface area contributed by atoms with Crippen LogP contribution in [0.5, 0.6) is 0 Å². The number of nitrogens with two attached hydrogens (primary N) is 1. The van der Waals surface area contributed by atoms with E-state index in [1.807, 2.05) is 12.1 Å². The van der Waals surface area contributed by atoms with E-state index >= 15 is 0 Å². The van der Waals surface area contributed by atoms with Crippen LogP contribution in [0.25, 0.3) is 0 Å². The van der Waals surface area contributed by atoms with E-state index in [9.17, 15) is 4.79 Å². The van der Waals surface area contributed by atoms with Gasteiger partial charge in [-0.15, -0.1) is 12.4 Å². The molecule has 4 nitrogen and oxygen atoms in total. The Bertz CT molecular complexity index is 516. The summed E-state index contributed by atoms with van der Waals surface area (Å²) in [6, 6.07) is 6.38. The van der Waals surface area contributed by atoms with E-state index < -0.39 is 0 Å². The van der Waals surface area contributed by atoms with Crippen LogP contribution in [0, 0.1) is 0 Å². The van der Waals surface area contributed by atoms with Crippen LogP contribution >= 0.6 is 39.9 Å². The van der Waals surface area contributed by atoms with E-state index in [2.05, 4.69) is 32.2 Å². The first kappa shape index (κ1) is 20.7. The molecular weight excluding hydrogens is 401 g/mol. The summed E-state index contributed by atoms with van der Waals surface area (Å²) in [5, 5.41) is 3.77. The zero-order chi connectivity index (χ0) is 15.9. The molecule has 1 atom stereocenters. The minimum atomic E-state index is 0. The van der Waals surface area contributed by atoms with E-state index in [0.717, 1.165) is 34.6 Å². The predicted octanol–water partition coefficient (Wildman–Crippen LogP) is 3.34. The van der Waals surface area contributed by atoms with Crippen molar-refractivity contribution >= 4 is 45.8 Å². The molecule has 3 N–H and O–H groups in total. The summed E-state index contributed by atoms with van der Waals surface area (Å²) in [5.74, 6) is 0.0368. The summed E-state index contributed by atoms with van der Waals surface area (Å²) < 4.78 is 0.991. The van der Waals surface area contributed by atoms with Gasteiger partial charge in [0.15, 0.2) is 0 Å². The topological polar surface area (TPSA) is 58.4 Å². The number of amides is 1. The van der Waals surface area contributed by atoms with Gasteiger partial charge in [-0.25, -0.2) is 0 Å². The fourth-order valence-corrected chi connectivity index (χ4v) is 3.55. The zero-order valence-corrected chi connectivity index (χ0v) is 16.2. The summed E-state index contributed by atoms with van der Waals surface area (Å²) in [6.07, 6.45) is 3.91. The van der Waals surface area contributed by atoms with Crippen LogP contribution in [0.2, 0.25) is 5.02 Å². The summed E-state index contributed by atoms with van der Waals surface area (Å²) >= 11 is 9.76. The van der Waals surface area contributed by atoms with E-state index in [0.29, 0.717) is 25.6 Å². The average molecular weight is 425 g/mol. The number of hydrogen-bond donors (Lipinski definition) is 2. The van der Waals surface area contributed by atoms with Crippen molar-refractivity contribution in [2.75, 3.05) is 19.6 Å². The highest BCUT2D eigenvalue weighted by molar-refractivity contribution is 9.10. The molecule has 0 radical (unpaired) electrons. The monoisotopic (exact) mass is 423 g/mol. The number of benzene rings is 1. The lowest BCUT2D eigenvalue weighted by atomic mass is 10.0. The Morgan fingerprint density at radius 1 is 1.43 bits per heavy atom. The fourth-order valence-electron chi connectivity index (χ4n) is 2.82. The third-order valence-corrected chi connectivity index (χ3v) is 4.89. The normalized spacial score (nSPS) is 18.3. The zero-order valence-electron chi connectivity index (χ0n) is 13.1. The Balaban J connectivity index is 0.00000264. The highest BCUT2D eigenvalue weighted by atomic mass is 79.9. The average Bonchev–Trinajstić information content (AvgIpc) is 2.49. The van der Waals surface area contributed by atoms with Gasteiger partial charge in [0.05, 0.1) is 0 Å². The van der Waals surface area contributed by atoms with Crippen molar-refractivity contribution in [3.05, 3.63) is 33.3 Å². The van der Waals surface area contributed by atoms with Gasteiger partial charge in [0.1, 0.15) is 0 Å². The minimum Gasteiger partial charge on any atom is -0.354 e. The summed E-state index contributed by atoms with van der Waals surface area (Å²) in [4.78, 5) is 14.0. The van der Waals surface area contributed by atoms with Gasteiger partial charge < -0.3 is 11.1 Å². The molecule has 1 aromatic rings. The van der Waals surface area contributed by atoms with Gasteiger partial charge in [0.25, 0.3) is 0 Å². The molecule has 2 rings (SSSR count). The first-order valence-corrected chi connectivity index (χ1v) is 8.92. The fraction of sp³-hybridized carbons (Fsp3) is 0.562. The number of halogens is 3. The van der Waals surface area contributed by atoms with Crippen LogP contribution in [0.4, 0.5) is 0 Å². The van der Waals surface area contributed by atoms with Crippen LogP contribution < -0.4 is 11.1 Å². The first-order chi connectivity index (χ1) is 10.6. The molecule has 1 aliphatic heterocycles. The number of likely N-dealkylation sites (tertiary alicyclic amines) is 1. The molecule has 1 aliphatic rings. The predicted molar refractivity (Wildman–Crippen MR) is 101 cm³/mol. The van der Waals surface area contributed by atoms with Crippen molar-refractivity contribution in [1.29, 1.82) is 0 Å². The second-order valence-electron chi connectivity index (χ2n) is 5.70. The maximum absolute atomic E-state index is 11.6. The Hall–Kier alpha value is -0.330. The number of carbonyl (C=O) groups is 1. The van der Waals surface area contributed by atoms with Gasteiger partial charge in [0, 0.05) is 41.6 Å². The third kappa shape index (κ3) is 6.59. The van der Waals surface area contributed by atoms with Crippen molar-refractivity contribution in [1.82, 2.24) is 10.2 Å². The van der Waals surface area contributed by atoms with Crippen LogP contribution in [0.15, 0.2) is 22.7 Å². The maximum atomic E-state index is 11.6. The van der Waals surface area contributed by atoms with Crippen molar-refractivity contribution in [2.45, 2.75) is 38.3 Å². The van der Waals surface area contributed by atoms with Crippen LogP contribution in [0.3, 0.4) is 0 Å². The maximum Gasteiger partial charge on any atom is 0.221 e. The van der Waals surface area contributed by atoms with Crippen LogP contribution in [-0.4, -0.2) is 36.5 Å². The second-order valence-corrected chi connectivity index (χ2v) is 7.02. The first-order valence-electron chi connectivity index (χ1n) is 7.75. The molecule has 0 saturated carbocycles. The Morgan fingerprint density at radius 2 is 2.22 bits per heavy atom. The number of carbonyl (C=O) groups excluding carboxylic acids is 1. The van der Waals surface area contributed by atoms with Gasteiger partial charge in [-0.3, -0.25) is 9.69 Å². The standard InChI is InChI=1S/C16H23BrClN3O.ClH/c17-13-5-4-12(15(18)9-13)11-21-8-2-1-3-14(21)10-20-16(22)6-7-19;/h4-5,9,14H,1-3,6-8,10-11,19H2,(H,20,22);1H. The smallest absolute Gasteiger partial charge is 0.221 e. The molecule has 1 aromatic carbocycles. The van der Waals surface area contributed by atoms with Gasteiger partial charge >= 0.3 is 0 Å². The molecule has 1 amide bonds.